The van der Waals surface area contributed by atoms with E-state index in [4.69, 9.17) is 11.6 Å². The van der Waals surface area contributed by atoms with Crippen LogP contribution in [-0.4, -0.2) is 44.4 Å². The fraction of sp³-hybridized carbons (Fsp3) is 0.300. The van der Waals surface area contributed by atoms with E-state index in [2.05, 4.69) is 15.1 Å². The van der Waals surface area contributed by atoms with E-state index in [1.165, 1.54) is 0 Å². The zero-order valence-corrected chi connectivity index (χ0v) is 16.6. The third-order valence-electron chi connectivity index (χ3n) is 5.07. The minimum absolute atomic E-state index is 0.0428. The third-order valence-corrected chi connectivity index (χ3v) is 5.30. The summed E-state index contributed by atoms with van der Waals surface area (Å²) in [5, 5.41) is 14.2. The van der Waals surface area contributed by atoms with Gasteiger partial charge in [0.25, 0.3) is 0 Å². The Morgan fingerprint density at radius 3 is 2.68 bits per heavy atom. The van der Waals surface area contributed by atoms with Crippen LogP contribution in [0.2, 0.25) is 5.15 Å². The molecule has 28 heavy (non-hydrogen) atoms. The Bertz CT molecular complexity index is 1060. The van der Waals surface area contributed by atoms with Gasteiger partial charge in [-0.1, -0.05) is 11.6 Å². The monoisotopic (exact) mass is 397 g/mol. The first-order chi connectivity index (χ1) is 13.3. The first-order valence-electron chi connectivity index (χ1n) is 8.94. The number of pyridine rings is 1. The quantitative estimate of drug-likeness (QED) is 0.684. The number of aliphatic hydroxyl groups excluding tert-OH is 1. The number of halogens is 1. The molecule has 3 aromatic rings. The first kappa shape index (κ1) is 18.6. The molecular formula is C20H20ClN5O2. The van der Waals surface area contributed by atoms with Gasteiger partial charge in [-0.3, -0.25) is 4.79 Å². The van der Waals surface area contributed by atoms with Crippen molar-refractivity contribution in [3.05, 3.63) is 53.1 Å². The van der Waals surface area contributed by atoms with Gasteiger partial charge < -0.3 is 10.0 Å². The molecule has 1 aliphatic rings. The number of benzene rings is 1. The summed E-state index contributed by atoms with van der Waals surface area (Å²) in [6, 6.07) is 9.35. The van der Waals surface area contributed by atoms with E-state index in [0.717, 1.165) is 16.8 Å². The van der Waals surface area contributed by atoms with Crippen LogP contribution in [-0.2, 0) is 16.6 Å². The van der Waals surface area contributed by atoms with Gasteiger partial charge in [0.2, 0.25) is 5.91 Å². The molecule has 0 saturated heterocycles. The highest BCUT2D eigenvalue weighted by Gasteiger charge is 2.42. The zero-order chi connectivity index (χ0) is 20.1. The molecule has 0 saturated carbocycles. The van der Waals surface area contributed by atoms with Gasteiger partial charge in [0, 0.05) is 24.7 Å². The number of nitrogens with zero attached hydrogens (tertiary/aromatic N) is 5. The van der Waals surface area contributed by atoms with E-state index >= 15 is 0 Å². The van der Waals surface area contributed by atoms with Gasteiger partial charge in [0.1, 0.15) is 5.15 Å². The number of carbonyl (C=O) groups excluding carboxylic acids is 1. The van der Waals surface area contributed by atoms with Crippen LogP contribution < -0.4 is 4.90 Å². The largest absolute Gasteiger partial charge is 0.396 e. The maximum atomic E-state index is 12.6. The lowest BCUT2D eigenvalue weighted by atomic mass is 9.85. The first-order valence-corrected chi connectivity index (χ1v) is 9.32. The van der Waals surface area contributed by atoms with Crippen LogP contribution in [0.1, 0.15) is 25.2 Å². The molecule has 1 aromatic carbocycles. The van der Waals surface area contributed by atoms with Crippen LogP contribution in [0.15, 0.2) is 36.5 Å². The number of aliphatic hydroxyl groups is 1. The molecule has 0 unspecified atom stereocenters. The van der Waals surface area contributed by atoms with Crippen LogP contribution >= 0.6 is 11.6 Å². The highest BCUT2D eigenvalue weighted by molar-refractivity contribution is 6.29. The van der Waals surface area contributed by atoms with Crippen molar-refractivity contribution in [2.45, 2.75) is 25.7 Å². The van der Waals surface area contributed by atoms with Crippen molar-refractivity contribution in [3.8, 4) is 17.1 Å². The summed E-state index contributed by atoms with van der Waals surface area (Å²) in [7, 11) is 1.79. The smallest absolute Gasteiger partial charge is 0.236 e. The molecule has 0 bridgehead atoms. The predicted molar refractivity (Wildman–Crippen MR) is 107 cm³/mol. The molecule has 0 atom stereocenters. The lowest BCUT2D eigenvalue weighted by molar-refractivity contribution is -0.121. The van der Waals surface area contributed by atoms with E-state index in [9.17, 15) is 9.90 Å². The average Bonchev–Trinajstić information content (AvgIpc) is 3.17. The molecule has 1 amide bonds. The normalized spacial score (nSPS) is 15.2. The molecule has 0 spiro atoms. The van der Waals surface area contributed by atoms with Gasteiger partial charge >= 0.3 is 0 Å². The number of aromatic nitrogens is 4. The molecule has 144 valence electrons. The summed E-state index contributed by atoms with van der Waals surface area (Å²) >= 11 is 5.91. The fourth-order valence-corrected chi connectivity index (χ4v) is 3.64. The number of fused-ring (bicyclic) bond motifs is 1. The molecule has 8 heteroatoms. The third kappa shape index (κ3) is 2.87. The van der Waals surface area contributed by atoms with Crippen molar-refractivity contribution < 1.29 is 9.90 Å². The molecule has 7 nitrogen and oxygen atoms in total. The Labute approximate surface area is 167 Å². The van der Waals surface area contributed by atoms with Gasteiger partial charge in [-0.05, 0) is 49.7 Å². The molecule has 3 heterocycles. The number of hydrogen-bond donors (Lipinski definition) is 1. The summed E-state index contributed by atoms with van der Waals surface area (Å²) in [6.45, 7) is 3.80. The van der Waals surface area contributed by atoms with Crippen LogP contribution in [0.25, 0.3) is 17.1 Å². The Balaban J connectivity index is 1.87. The van der Waals surface area contributed by atoms with Gasteiger partial charge in [0.05, 0.1) is 23.9 Å². The highest BCUT2D eigenvalue weighted by atomic mass is 35.5. The average molecular weight is 398 g/mol. The van der Waals surface area contributed by atoms with Crippen molar-refractivity contribution in [1.82, 2.24) is 19.7 Å². The second kappa shape index (κ2) is 6.68. The van der Waals surface area contributed by atoms with Crippen molar-refractivity contribution in [1.29, 1.82) is 0 Å². The zero-order valence-electron chi connectivity index (χ0n) is 15.8. The summed E-state index contributed by atoms with van der Waals surface area (Å²) in [5.74, 6) is 1.21. The van der Waals surface area contributed by atoms with E-state index in [-0.39, 0.29) is 12.5 Å². The topological polar surface area (TPSA) is 84.1 Å². The highest BCUT2D eigenvalue weighted by Crippen LogP contribution is 2.42. The second-order valence-corrected chi connectivity index (χ2v) is 7.68. The van der Waals surface area contributed by atoms with E-state index in [1.807, 2.05) is 38.1 Å². The summed E-state index contributed by atoms with van der Waals surface area (Å²) < 4.78 is 1.68. The van der Waals surface area contributed by atoms with Crippen molar-refractivity contribution in [2.75, 3.05) is 18.6 Å². The standard InChI is InChI=1S/C20H20ClN5O2/c1-20(2)14-10-12(4-6-15(14)25(3)19(20)28)18-23-17(8-9-27)24-26(18)13-5-7-16(21)22-11-13/h4-7,10-11,27H,8-9H2,1-3H3. The number of anilines is 1. The molecule has 0 fully saturated rings. The Hall–Kier alpha value is -2.77. The number of rotatable bonds is 4. The molecule has 1 N–H and O–H groups in total. The number of likely N-dealkylation sites (N-methyl/N-ethyl adjacent to an activating group) is 1. The van der Waals surface area contributed by atoms with E-state index < -0.39 is 5.41 Å². The lowest BCUT2D eigenvalue weighted by Crippen LogP contribution is -2.33. The fourth-order valence-electron chi connectivity index (χ4n) is 3.53. The second-order valence-electron chi connectivity index (χ2n) is 7.30. The maximum absolute atomic E-state index is 12.6. The van der Waals surface area contributed by atoms with Crippen LogP contribution in [0.4, 0.5) is 5.69 Å². The van der Waals surface area contributed by atoms with Crippen LogP contribution in [0.3, 0.4) is 0 Å². The Morgan fingerprint density at radius 2 is 2.00 bits per heavy atom. The summed E-state index contributed by atoms with van der Waals surface area (Å²) in [4.78, 5) is 23.0. The molecule has 2 aromatic heterocycles. The van der Waals surface area contributed by atoms with E-state index in [0.29, 0.717) is 28.9 Å². The van der Waals surface area contributed by atoms with Crippen molar-refractivity contribution in [2.24, 2.45) is 0 Å². The minimum atomic E-state index is -0.610. The Morgan fingerprint density at radius 1 is 1.21 bits per heavy atom. The molecule has 0 radical (unpaired) electrons. The molecule has 4 rings (SSSR count). The number of carbonyl (C=O) groups is 1. The molecular weight excluding hydrogens is 378 g/mol. The van der Waals surface area contributed by atoms with E-state index in [1.54, 1.807) is 28.9 Å². The lowest BCUT2D eigenvalue weighted by Gasteiger charge is -2.16. The minimum Gasteiger partial charge on any atom is -0.396 e. The van der Waals surface area contributed by atoms with Crippen LogP contribution in [0.5, 0.6) is 0 Å². The number of amides is 1. The van der Waals surface area contributed by atoms with Gasteiger partial charge in [0.15, 0.2) is 11.6 Å². The van der Waals surface area contributed by atoms with Crippen molar-refractivity contribution >= 4 is 23.2 Å². The van der Waals surface area contributed by atoms with Crippen LogP contribution in [0, 0.1) is 0 Å². The van der Waals surface area contributed by atoms with Gasteiger partial charge in [-0.15, -0.1) is 0 Å². The summed E-state index contributed by atoms with van der Waals surface area (Å²) in [6.07, 6.45) is 1.97. The number of hydrogen-bond acceptors (Lipinski definition) is 5. The summed E-state index contributed by atoms with van der Waals surface area (Å²) in [5.41, 5.74) is 2.78. The van der Waals surface area contributed by atoms with Gasteiger partial charge in [-0.25, -0.2) is 14.6 Å². The van der Waals surface area contributed by atoms with Gasteiger partial charge in [-0.2, -0.15) is 5.10 Å². The molecule has 0 aliphatic carbocycles. The molecule has 1 aliphatic heterocycles. The van der Waals surface area contributed by atoms with Crippen molar-refractivity contribution in [3.63, 3.8) is 0 Å². The Kier molecular flexibility index (Phi) is 4.44. The maximum Gasteiger partial charge on any atom is 0.236 e. The SMILES string of the molecule is CN1C(=O)C(C)(C)c2cc(-c3nc(CCO)nn3-c3ccc(Cl)nc3)ccc21. The predicted octanol–water partition coefficient (Wildman–Crippen LogP) is 2.77.